The topological polar surface area (TPSA) is 83.8 Å². The SMILES string of the molecule is CN=C(NCc1ccc(NC(=O)C(C)C)cc1)N1CCOC(c2cnn(C)c2)C1.I. The summed E-state index contributed by atoms with van der Waals surface area (Å²) >= 11 is 0. The Morgan fingerprint density at radius 1 is 1.33 bits per heavy atom. The lowest BCUT2D eigenvalue weighted by Gasteiger charge is -2.34. The van der Waals surface area contributed by atoms with Crippen molar-refractivity contribution < 1.29 is 9.53 Å². The van der Waals surface area contributed by atoms with E-state index in [0.717, 1.165) is 35.9 Å². The summed E-state index contributed by atoms with van der Waals surface area (Å²) in [6.45, 7) is 6.57. The number of rotatable bonds is 5. The standard InChI is InChI=1S/C21H30N6O2.HI/c1-15(2)20(28)25-18-7-5-16(6-8-18)11-23-21(22-3)27-9-10-29-19(14-27)17-12-24-26(4)13-17;/h5-8,12-13,15,19H,9-11,14H2,1-4H3,(H,22,23)(H,25,28);1H. The zero-order chi connectivity index (χ0) is 20.8. The minimum Gasteiger partial charge on any atom is -0.370 e. The van der Waals surface area contributed by atoms with E-state index in [9.17, 15) is 4.79 Å². The molecule has 2 aromatic rings. The summed E-state index contributed by atoms with van der Waals surface area (Å²) < 4.78 is 7.70. The highest BCUT2D eigenvalue weighted by Crippen LogP contribution is 2.21. The van der Waals surface area contributed by atoms with Crippen molar-refractivity contribution in [3.05, 3.63) is 47.8 Å². The van der Waals surface area contributed by atoms with Crippen molar-refractivity contribution in [2.24, 2.45) is 18.0 Å². The fourth-order valence-electron chi connectivity index (χ4n) is 3.16. The molecule has 0 aliphatic carbocycles. The number of nitrogens with one attached hydrogen (secondary N) is 2. The molecule has 8 nitrogen and oxygen atoms in total. The number of morpholine rings is 1. The number of anilines is 1. The molecule has 1 atom stereocenters. The van der Waals surface area contributed by atoms with Gasteiger partial charge in [0.2, 0.25) is 5.91 Å². The Morgan fingerprint density at radius 2 is 2.07 bits per heavy atom. The van der Waals surface area contributed by atoms with Gasteiger partial charge in [-0.05, 0) is 17.7 Å². The van der Waals surface area contributed by atoms with Crippen LogP contribution in [-0.2, 0) is 23.1 Å². The average Bonchev–Trinajstić information content (AvgIpc) is 3.16. The maximum absolute atomic E-state index is 11.8. The summed E-state index contributed by atoms with van der Waals surface area (Å²) in [7, 11) is 3.70. The fourth-order valence-corrected chi connectivity index (χ4v) is 3.16. The second-order valence-electron chi connectivity index (χ2n) is 7.49. The molecule has 1 aliphatic heterocycles. The van der Waals surface area contributed by atoms with E-state index in [2.05, 4.69) is 25.6 Å². The van der Waals surface area contributed by atoms with Gasteiger partial charge in [0, 0.05) is 50.6 Å². The summed E-state index contributed by atoms with van der Waals surface area (Å²) in [5.41, 5.74) is 3.00. The first-order valence-electron chi connectivity index (χ1n) is 9.92. The van der Waals surface area contributed by atoms with Crippen molar-refractivity contribution in [2.45, 2.75) is 26.5 Å². The minimum atomic E-state index is -0.0383. The van der Waals surface area contributed by atoms with Crippen molar-refractivity contribution >= 4 is 41.5 Å². The quantitative estimate of drug-likeness (QED) is 0.356. The van der Waals surface area contributed by atoms with Crippen LogP contribution in [0.15, 0.2) is 41.7 Å². The first kappa shape index (κ1) is 24.1. The van der Waals surface area contributed by atoms with Crippen LogP contribution < -0.4 is 10.6 Å². The van der Waals surface area contributed by atoms with Gasteiger partial charge in [0.25, 0.3) is 0 Å². The van der Waals surface area contributed by atoms with Crippen LogP contribution in [0.3, 0.4) is 0 Å². The minimum absolute atomic E-state index is 0. The number of benzene rings is 1. The van der Waals surface area contributed by atoms with E-state index in [1.54, 1.807) is 11.7 Å². The summed E-state index contributed by atoms with van der Waals surface area (Å²) in [6.07, 6.45) is 3.83. The van der Waals surface area contributed by atoms with Crippen LogP contribution >= 0.6 is 24.0 Å². The number of aliphatic imine (C=N–C) groups is 1. The molecular weight excluding hydrogens is 495 g/mol. The maximum Gasteiger partial charge on any atom is 0.226 e. The fraction of sp³-hybridized carbons (Fsp3) is 0.476. The van der Waals surface area contributed by atoms with E-state index in [1.165, 1.54) is 0 Å². The maximum atomic E-state index is 11.8. The van der Waals surface area contributed by atoms with Crippen molar-refractivity contribution in [1.29, 1.82) is 0 Å². The van der Waals surface area contributed by atoms with E-state index < -0.39 is 0 Å². The molecule has 1 fully saturated rings. The Bertz CT molecular complexity index is 849. The largest absolute Gasteiger partial charge is 0.370 e. The third-order valence-corrected chi connectivity index (χ3v) is 4.87. The van der Waals surface area contributed by atoms with Gasteiger partial charge in [-0.1, -0.05) is 26.0 Å². The summed E-state index contributed by atoms with van der Waals surface area (Å²) in [5.74, 6) is 0.829. The molecule has 2 heterocycles. The number of aryl methyl sites for hydroxylation is 1. The zero-order valence-electron chi connectivity index (χ0n) is 18.0. The molecule has 164 valence electrons. The molecule has 1 aromatic carbocycles. The van der Waals surface area contributed by atoms with Crippen LogP contribution in [0.1, 0.15) is 31.1 Å². The first-order chi connectivity index (χ1) is 14.0. The lowest BCUT2D eigenvalue weighted by Crippen LogP contribution is -2.47. The number of guanidine groups is 1. The third-order valence-electron chi connectivity index (χ3n) is 4.87. The van der Waals surface area contributed by atoms with Crippen molar-refractivity contribution in [3.8, 4) is 0 Å². The van der Waals surface area contributed by atoms with Gasteiger partial charge in [0.1, 0.15) is 6.10 Å². The second kappa shape index (κ2) is 11.3. The molecule has 1 amide bonds. The van der Waals surface area contributed by atoms with E-state index in [-0.39, 0.29) is 41.9 Å². The van der Waals surface area contributed by atoms with Gasteiger partial charge in [-0.3, -0.25) is 14.5 Å². The molecule has 1 unspecified atom stereocenters. The van der Waals surface area contributed by atoms with E-state index >= 15 is 0 Å². The molecule has 3 rings (SSSR count). The molecule has 0 saturated carbocycles. The van der Waals surface area contributed by atoms with Crippen LogP contribution in [0.4, 0.5) is 5.69 Å². The highest BCUT2D eigenvalue weighted by Gasteiger charge is 2.25. The van der Waals surface area contributed by atoms with Crippen molar-refractivity contribution in [2.75, 3.05) is 32.1 Å². The molecule has 30 heavy (non-hydrogen) atoms. The number of aromatic nitrogens is 2. The van der Waals surface area contributed by atoms with Crippen LogP contribution in [-0.4, -0.2) is 53.3 Å². The Kier molecular flexibility index (Phi) is 9.09. The Morgan fingerprint density at radius 3 is 2.67 bits per heavy atom. The van der Waals surface area contributed by atoms with E-state index in [4.69, 9.17) is 4.74 Å². The van der Waals surface area contributed by atoms with Gasteiger partial charge >= 0.3 is 0 Å². The Balaban J connectivity index is 0.00000320. The third kappa shape index (κ3) is 6.43. The Labute approximate surface area is 195 Å². The van der Waals surface area contributed by atoms with Crippen LogP contribution in [0.2, 0.25) is 0 Å². The van der Waals surface area contributed by atoms with Gasteiger partial charge in [-0.2, -0.15) is 5.10 Å². The number of ether oxygens (including phenoxy) is 1. The van der Waals surface area contributed by atoms with Crippen LogP contribution in [0.5, 0.6) is 0 Å². The van der Waals surface area contributed by atoms with Gasteiger partial charge in [0.05, 0.1) is 19.3 Å². The van der Waals surface area contributed by atoms with Gasteiger partial charge in [0.15, 0.2) is 5.96 Å². The zero-order valence-corrected chi connectivity index (χ0v) is 20.3. The van der Waals surface area contributed by atoms with E-state index in [0.29, 0.717) is 13.2 Å². The van der Waals surface area contributed by atoms with Crippen LogP contribution in [0.25, 0.3) is 0 Å². The first-order valence-corrected chi connectivity index (χ1v) is 9.92. The van der Waals surface area contributed by atoms with Gasteiger partial charge < -0.3 is 20.3 Å². The number of amides is 1. The molecule has 9 heteroatoms. The average molecular weight is 526 g/mol. The molecule has 1 aromatic heterocycles. The van der Waals surface area contributed by atoms with Crippen molar-refractivity contribution in [3.63, 3.8) is 0 Å². The van der Waals surface area contributed by atoms with Crippen LogP contribution in [0, 0.1) is 5.92 Å². The predicted octanol–water partition coefficient (Wildman–Crippen LogP) is 2.78. The van der Waals surface area contributed by atoms with Gasteiger partial charge in [-0.15, -0.1) is 24.0 Å². The smallest absolute Gasteiger partial charge is 0.226 e. The summed E-state index contributed by atoms with van der Waals surface area (Å²) in [4.78, 5) is 18.4. The number of halogens is 1. The lowest BCUT2D eigenvalue weighted by atomic mass is 10.1. The number of carbonyl (C=O) groups is 1. The summed E-state index contributed by atoms with van der Waals surface area (Å²) in [6, 6.07) is 7.86. The molecule has 1 aliphatic rings. The van der Waals surface area contributed by atoms with Gasteiger partial charge in [-0.25, -0.2) is 0 Å². The van der Waals surface area contributed by atoms with Crippen molar-refractivity contribution in [1.82, 2.24) is 20.0 Å². The summed E-state index contributed by atoms with van der Waals surface area (Å²) in [5, 5.41) is 10.6. The number of hydrogen-bond donors (Lipinski definition) is 2. The van der Waals surface area contributed by atoms with E-state index in [1.807, 2.05) is 57.6 Å². The molecule has 0 spiro atoms. The number of nitrogens with zero attached hydrogens (tertiary/aromatic N) is 4. The second-order valence-corrected chi connectivity index (χ2v) is 7.49. The Hall–Kier alpha value is -2.14. The highest BCUT2D eigenvalue weighted by atomic mass is 127. The number of hydrogen-bond acceptors (Lipinski definition) is 4. The normalized spacial score (nSPS) is 16.9. The predicted molar refractivity (Wildman–Crippen MR) is 129 cm³/mol. The highest BCUT2D eigenvalue weighted by molar-refractivity contribution is 14.0. The molecule has 1 saturated heterocycles. The number of carbonyl (C=O) groups excluding carboxylic acids is 1. The molecule has 0 bridgehead atoms. The molecule has 0 radical (unpaired) electrons. The lowest BCUT2D eigenvalue weighted by molar-refractivity contribution is -0.118. The monoisotopic (exact) mass is 526 g/mol. The molecule has 2 N–H and O–H groups in total. The molecular formula is C21H31IN6O2.